The van der Waals surface area contributed by atoms with E-state index in [1.54, 1.807) is 12.4 Å². The van der Waals surface area contributed by atoms with Crippen LogP contribution >= 0.6 is 0 Å². The van der Waals surface area contributed by atoms with E-state index in [0.717, 1.165) is 11.4 Å². The van der Waals surface area contributed by atoms with Gasteiger partial charge in [0.15, 0.2) is 0 Å². The Morgan fingerprint density at radius 3 is 2.93 bits per heavy atom. The first-order chi connectivity index (χ1) is 6.81. The molecule has 0 radical (unpaired) electrons. The summed E-state index contributed by atoms with van der Waals surface area (Å²) in [6.07, 6.45) is 3.84. The quantitative estimate of drug-likeness (QED) is 0.618. The molecule has 1 aromatic heterocycles. The molecule has 0 aromatic carbocycles. The zero-order valence-electron chi connectivity index (χ0n) is 7.86. The van der Waals surface area contributed by atoms with Gasteiger partial charge in [0.25, 0.3) is 0 Å². The number of esters is 1. The zero-order valence-corrected chi connectivity index (χ0v) is 7.86. The fraction of sp³-hybridized carbons (Fsp3) is 0.444. The van der Waals surface area contributed by atoms with E-state index in [0.29, 0.717) is 13.0 Å². The van der Waals surface area contributed by atoms with Crippen LogP contribution in [0, 0.1) is 0 Å². The molecule has 0 fully saturated rings. The van der Waals surface area contributed by atoms with E-state index < -0.39 is 0 Å². The average Bonchev–Trinajstić information content (AvgIpc) is 2.27. The van der Waals surface area contributed by atoms with Gasteiger partial charge in [-0.05, 0) is 0 Å². The molecule has 5 nitrogen and oxygen atoms in total. The van der Waals surface area contributed by atoms with Crippen LogP contribution in [0.2, 0.25) is 0 Å². The van der Waals surface area contributed by atoms with E-state index >= 15 is 0 Å². The van der Waals surface area contributed by atoms with Gasteiger partial charge in [-0.2, -0.15) is 0 Å². The minimum atomic E-state index is -0.288. The predicted molar refractivity (Wildman–Crippen MR) is 48.4 cm³/mol. The van der Waals surface area contributed by atoms with Crippen molar-refractivity contribution >= 4 is 5.97 Å². The van der Waals surface area contributed by atoms with E-state index in [9.17, 15) is 4.79 Å². The molecule has 1 aliphatic rings. The molecule has 0 aliphatic carbocycles. The normalized spacial score (nSPS) is 19.9. The van der Waals surface area contributed by atoms with Gasteiger partial charge < -0.3 is 4.74 Å². The van der Waals surface area contributed by atoms with Gasteiger partial charge in [-0.3, -0.25) is 20.1 Å². The maximum absolute atomic E-state index is 11.2. The predicted octanol–water partition coefficient (Wildman–Crippen LogP) is -0.336. The molecule has 0 saturated heterocycles. The minimum absolute atomic E-state index is 0.249. The average molecular weight is 193 g/mol. The Balaban J connectivity index is 2.17. The monoisotopic (exact) mass is 193 g/mol. The van der Waals surface area contributed by atoms with Crippen molar-refractivity contribution in [3.8, 4) is 0 Å². The molecule has 1 N–H and O–H groups in total. The Morgan fingerprint density at radius 2 is 2.21 bits per heavy atom. The Hall–Kier alpha value is -1.49. The summed E-state index contributed by atoms with van der Waals surface area (Å²) in [7, 11) is 1.39. The second-order valence-electron chi connectivity index (χ2n) is 3.11. The third-order valence-electron chi connectivity index (χ3n) is 2.26. The van der Waals surface area contributed by atoms with Crippen LogP contribution in [0.15, 0.2) is 12.4 Å². The highest BCUT2D eigenvalue weighted by atomic mass is 16.5. The third kappa shape index (κ3) is 1.58. The number of nitrogens with zero attached hydrogens (tertiary/aromatic N) is 2. The van der Waals surface area contributed by atoms with Crippen LogP contribution < -0.4 is 5.32 Å². The van der Waals surface area contributed by atoms with Crippen LogP contribution in [0.5, 0.6) is 0 Å². The number of hydrogen-bond acceptors (Lipinski definition) is 5. The lowest BCUT2D eigenvalue weighted by Crippen LogP contribution is -2.43. The van der Waals surface area contributed by atoms with Gasteiger partial charge in [-0.25, -0.2) is 0 Å². The molecule has 74 valence electrons. The van der Waals surface area contributed by atoms with E-state index in [1.165, 1.54) is 7.11 Å². The number of ether oxygens (including phenoxy) is 1. The van der Waals surface area contributed by atoms with Crippen molar-refractivity contribution in [3.05, 3.63) is 23.8 Å². The van der Waals surface area contributed by atoms with Gasteiger partial charge in [0, 0.05) is 25.4 Å². The van der Waals surface area contributed by atoms with Crippen molar-refractivity contribution in [2.75, 3.05) is 7.11 Å². The Bertz CT molecular complexity index is 354. The van der Waals surface area contributed by atoms with Crippen molar-refractivity contribution in [3.63, 3.8) is 0 Å². The third-order valence-corrected chi connectivity index (χ3v) is 2.26. The molecule has 0 bridgehead atoms. The van der Waals surface area contributed by atoms with Crippen molar-refractivity contribution in [2.24, 2.45) is 0 Å². The molecule has 0 spiro atoms. The standard InChI is InChI=1S/C9H11N3O2/c1-14-9(13)7-4-6-8(5-12-7)11-3-2-10-6/h2-3,7,12H,4-5H2,1H3/t7-/m1/s1. The van der Waals surface area contributed by atoms with E-state index in [4.69, 9.17) is 0 Å². The summed E-state index contributed by atoms with van der Waals surface area (Å²) < 4.78 is 4.66. The van der Waals surface area contributed by atoms with Gasteiger partial charge in [0.1, 0.15) is 6.04 Å². The second kappa shape index (κ2) is 3.71. The van der Waals surface area contributed by atoms with Crippen LogP contribution in [0.4, 0.5) is 0 Å². The molecule has 0 amide bonds. The molecular weight excluding hydrogens is 182 g/mol. The Labute approximate surface area is 81.5 Å². The van der Waals surface area contributed by atoms with Crippen LogP contribution in [-0.4, -0.2) is 29.1 Å². The number of methoxy groups -OCH3 is 1. The first-order valence-corrected chi connectivity index (χ1v) is 4.41. The molecule has 14 heavy (non-hydrogen) atoms. The Kier molecular flexibility index (Phi) is 2.41. The van der Waals surface area contributed by atoms with Crippen molar-refractivity contribution < 1.29 is 9.53 Å². The van der Waals surface area contributed by atoms with Crippen molar-refractivity contribution in [1.82, 2.24) is 15.3 Å². The molecule has 1 aliphatic heterocycles. The molecule has 5 heteroatoms. The number of aromatic nitrogens is 2. The lowest BCUT2D eigenvalue weighted by atomic mass is 10.1. The fourth-order valence-corrected chi connectivity index (χ4v) is 1.51. The largest absolute Gasteiger partial charge is 0.468 e. The number of carbonyl (C=O) groups excluding carboxylic acids is 1. The zero-order chi connectivity index (χ0) is 9.97. The number of nitrogens with one attached hydrogen (secondary N) is 1. The van der Waals surface area contributed by atoms with E-state index in [1.807, 2.05) is 0 Å². The first-order valence-electron chi connectivity index (χ1n) is 4.41. The molecular formula is C9H11N3O2. The summed E-state index contributed by atoms with van der Waals surface area (Å²) in [5.74, 6) is -0.249. The summed E-state index contributed by atoms with van der Waals surface area (Å²) >= 11 is 0. The van der Waals surface area contributed by atoms with Gasteiger partial charge in [0.2, 0.25) is 0 Å². The highest BCUT2D eigenvalue weighted by Crippen LogP contribution is 2.11. The fourth-order valence-electron chi connectivity index (χ4n) is 1.51. The minimum Gasteiger partial charge on any atom is -0.468 e. The number of hydrogen-bond donors (Lipinski definition) is 1. The van der Waals surface area contributed by atoms with E-state index in [-0.39, 0.29) is 12.0 Å². The second-order valence-corrected chi connectivity index (χ2v) is 3.11. The van der Waals surface area contributed by atoms with Crippen LogP contribution in [0.3, 0.4) is 0 Å². The van der Waals surface area contributed by atoms with Crippen LogP contribution in [0.25, 0.3) is 0 Å². The van der Waals surface area contributed by atoms with Gasteiger partial charge in [0.05, 0.1) is 18.5 Å². The lowest BCUT2D eigenvalue weighted by molar-refractivity contribution is -0.143. The summed E-state index contributed by atoms with van der Waals surface area (Å²) in [6, 6.07) is -0.288. The summed E-state index contributed by atoms with van der Waals surface area (Å²) in [4.78, 5) is 19.6. The Morgan fingerprint density at radius 1 is 1.50 bits per heavy atom. The smallest absolute Gasteiger partial charge is 0.323 e. The van der Waals surface area contributed by atoms with Crippen LogP contribution in [-0.2, 0) is 22.5 Å². The number of rotatable bonds is 1. The number of carbonyl (C=O) groups is 1. The summed E-state index contributed by atoms with van der Waals surface area (Å²) in [5, 5.41) is 3.05. The lowest BCUT2D eigenvalue weighted by Gasteiger charge is -2.21. The number of fused-ring (bicyclic) bond motifs is 1. The summed E-state index contributed by atoms with van der Waals surface area (Å²) in [6.45, 7) is 0.572. The SMILES string of the molecule is COC(=O)[C@H]1Cc2nccnc2CN1. The van der Waals surface area contributed by atoms with Gasteiger partial charge >= 0.3 is 5.97 Å². The van der Waals surface area contributed by atoms with Crippen molar-refractivity contribution in [2.45, 2.75) is 19.0 Å². The molecule has 2 rings (SSSR count). The molecule has 1 aromatic rings. The molecule has 1 atom stereocenters. The van der Waals surface area contributed by atoms with Crippen molar-refractivity contribution in [1.29, 1.82) is 0 Å². The van der Waals surface area contributed by atoms with Crippen LogP contribution in [0.1, 0.15) is 11.4 Å². The summed E-state index contributed by atoms with van der Waals surface area (Å²) in [5.41, 5.74) is 1.79. The molecule has 0 unspecified atom stereocenters. The molecule has 2 heterocycles. The van der Waals surface area contributed by atoms with Gasteiger partial charge in [-0.1, -0.05) is 0 Å². The maximum atomic E-state index is 11.2. The highest BCUT2D eigenvalue weighted by molar-refractivity contribution is 5.76. The highest BCUT2D eigenvalue weighted by Gasteiger charge is 2.25. The van der Waals surface area contributed by atoms with Gasteiger partial charge in [-0.15, -0.1) is 0 Å². The first kappa shape index (κ1) is 9.08. The maximum Gasteiger partial charge on any atom is 0.323 e. The molecule has 0 saturated carbocycles. The van der Waals surface area contributed by atoms with E-state index in [2.05, 4.69) is 20.0 Å². The topological polar surface area (TPSA) is 64.1 Å².